The number of nitrogens with one attached hydrogen (secondary N) is 1. The average molecular weight is 285 g/mol. The quantitative estimate of drug-likeness (QED) is 0.834. The van der Waals surface area contributed by atoms with E-state index in [2.05, 4.69) is 17.2 Å². The summed E-state index contributed by atoms with van der Waals surface area (Å²) in [6, 6.07) is 7.42. The van der Waals surface area contributed by atoms with Crippen molar-refractivity contribution in [3.8, 4) is 11.8 Å². The van der Waals surface area contributed by atoms with Gasteiger partial charge in [0.2, 0.25) is 5.91 Å². The van der Waals surface area contributed by atoms with Crippen LogP contribution in [-0.4, -0.2) is 17.6 Å². The molecule has 0 radical (unpaired) electrons. The molecule has 2 rings (SSSR count). The second kappa shape index (κ2) is 8.49. The first-order valence-corrected chi connectivity index (χ1v) is 7.77. The molecule has 1 aromatic rings. The molecule has 0 aromatic heterocycles. The molecule has 1 saturated carbocycles. The van der Waals surface area contributed by atoms with Gasteiger partial charge in [-0.1, -0.05) is 50.0 Å². The molecule has 0 unspecified atom stereocenters. The van der Waals surface area contributed by atoms with E-state index in [1.165, 1.54) is 32.1 Å². The summed E-state index contributed by atoms with van der Waals surface area (Å²) in [5.41, 5.74) is 1.57. The maximum atomic E-state index is 12.0. The Hall–Kier alpha value is -1.79. The van der Waals surface area contributed by atoms with Gasteiger partial charge in [0.25, 0.3) is 0 Å². The van der Waals surface area contributed by atoms with Gasteiger partial charge in [-0.05, 0) is 30.5 Å². The maximum absolute atomic E-state index is 12.0. The van der Waals surface area contributed by atoms with Gasteiger partial charge in [-0.2, -0.15) is 0 Å². The van der Waals surface area contributed by atoms with Gasteiger partial charge >= 0.3 is 0 Å². The number of hydrogen-bond acceptors (Lipinski definition) is 2. The zero-order valence-electron chi connectivity index (χ0n) is 12.4. The second-order valence-corrected chi connectivity index (χ2v) is 5.63. The number of rotatable bonds is 4. The number of aliphatic hydroxyl groups excluding tert-OH is 1. The Morgan fingerprint density at radius 2 is 2.10 bits per heavy atom. The van der Waals surface area contributed by atoms with Crippen LogP contribution >= 0.6 is 0 Å². The molecule has 112 valence electrons. The predicted octanol–water partition coefficient (Wildman–Crippen LogP) is 3.33. The van der Waals surface area contributed by atoms with Crippen LogP contribution in [0.15, 0.2) is 24.3 Å². The first-order chi connectivity index (χ1) is 10.3. The predicted molar refractivity (Wildman–Crippen MR) is 84.8 cm³/mol. The van der Waals surface area contributed by atoms with Crippen molar-refractivity contribution in [2.45, 2.75) is 44.9 Å². The van der Waals surface area contributed by atoms with Crippen LogP contribution in [0.4, 0.5) is 5.69 Å². The van der Waals surface area contributed by atoms with Crippen molar-refractivity contribution in [2.24, 2.45) is 5.92 Å². The Balaban J connectivity index is 1.81. The Morgan fingerprint density at radius 3 is 2.86 bits per heavy atom. The molecule has 1 fully saturated rings. The van der Waals surface area contributed by atoms with Gasteiger partial charge < -0.3 is 10.4 Å². The molecule has 0 bridgehead atoms. The van der Waals surface area contributed by atoms with Gasteiger partial charge in [0, 0.05) is 17.7 Å². The summed E-state index contributed by atoms with van der Waals surface area (Å²) >= 11 is 0. The molecule has 0 atom stereocenters. The van der Waals surface area contributed by atoms with E-state index >= 15 is 0 Å². The molecule has 2 N–H and O–H groups in total. The van der Waals surface area contributed by atoms with E-state index in [-0.39, 0.29) is 12.5 Å². The highest BCUT2D eigenvalue weighted by molar-refractivity contribution is 5.90. The Bertz CT molecular complexity index is 522. The third-order valence-corrected chi connectivity index (χ3v) is 3.96. The highest BCUT2D eigenvalue weighted by Crippen LogP contribution is 2.27. The van der Waals surface area contributed by atoms with Gasteiger partial charge in [-0.15, -0.1) is 0 Å². The van der Waals surface area contributed by atoms with Gasteiger partial charge in [0.1, 0.15) is 6.61 Å². The van der Waals surface area contributed by atoms with Crippen LogP contribution in [0.2, 0.25) is 0 Å². The number of aliphatic hydroxyl groups is 1. The van der Waals surface area contributed by atoms with E-state index < -0.39 is 0 Å². The highest BCUT2D eigenvalue weighted by atomic mass is 16.2. The lowest BCUT2D eigenvalue weighted by atomic mass is 9.86. The number of hydrogen-bond donors (Lipinski definition) is 2. The molecule has 3 nitrogen and oxygen atoms in total. The van der Waals surface area contributed by atoms with Gasteiger partial charge in [-0.25, -0.2) is 0 Å². The van der Waals surface area contributed by atoms with E-state index in [9.17, 15) is 4.79 Å². The molecular formula is C18H23NO2. The third kappa shape index (κ3) is 5.61. The first kappa shape index (κ1) is 15.6. The van der Waals surface area contributed by atoms with Crippen LogP contribution in [0.1, 0.15) is 50.5 Å². The van der Waals surface area contributed by atoms with E-state index in [0.717, 1.165) is 23.6 Å². The van der Waals surface area contributed by atoms with Gasteiger partial charge in [0.15, 0.2) is 0 Å². The van der Waals surface area contributed by atoms with Crippen LogP contribution in [-0.2, 0) is 4.79 Å². The summed E-state index contributed by atoms with van der Waals surface area (Å²) in [7, 11) is 0. The molecule has 0 aliphatic heterocycles. The van der Waals surface area contributed by atoms with Gasteiger partial charge in [0.05, 0.1) is 0 Å². The van der Waals surface area contributed by atoms with Crippen molar-refractivity contribution in [3.63, 3.8) is 0 Å². The monoisotopic (exact) mass is 285 g/mol. The van der Waals surface area contributed by atoms with Crippen LogP contribution in [0, 0.1) is 17.8 Å². The lowest BCUT2D eigenvalue weighted by Gasteiger charge is -2.21. The normalized spacial score (nSPS) is 15.1. The van der Waals surface area contributed by atoms with Crippen molar-refractivity contribution in [1.29, 1.82) is 0 Å². The minimum Gasteiger partial charge on any atom is -0.384 e. The number of anilines is 1. The zero-order chi connectivity index (χ0) is 14.9. The second-order valence-electron chi connectivity index (χ2n) is 5.63. The summed E-state index contributed by atoms with van der Waals surface area (Å²) < 4.78 is 0. The van der Waals surface area contributed by atoms with Crippen LogP contribution in [0.25, 0.3) is 0 Å². The zero-order valence-corrected chi connectivity index (χ0v) is 12.4. The molecule has 21 heavy (non-hydrogen) atoms. The van der Waals surface area contributed by atoms with Crippen LogP contribution in [0.5, 0.6) is 0 Å². The molecule has 1 aliphatic rings. The minimum atomic E-state index is -0.155. The van der Waals surface area contributed by atoms with Crippen LogP contribution in [0.3, 0.4) is 0 Å². The van der Waals surface area contributed by atoms with E-state index in [4.69, 9.17) is 5.11 Å². The summed E-state index contributed by atoms with van der Waals surface area (Å²) in [5.74, 6) is 6.25. The van der Waals surface area contributed by atoms with E-state index in [1.54, 1.807) is 0 Å². The van der Waals surface area contributed by atoms with E-state index in [0.29, 0.717) is 6.42 Å². The molecule has 0 spiro atoms. The topological polar surface area (TPSA) is 49.3 Å². The minimum absolute atomic E-state index is 0.0767. The molecule has 1 amide bonds. The fraction of sp³-hybridized carbons (Fsp3) is 0.500. The number of carbonyl (C=O) groups is 1. The Labute approximate surface area is 126 Å². The maximum Gasteiger partial charge on any atom is 0.224 e. The lowest BCUT2D eigenvalue weighted by molar-refractivity contribution is -0.116. The highest BCUT2D eigenvalue weighted by Gasteiger charge is 2.14. The Kier molecular flexibility index (Phi) is 6.30. The summed E-state index contributed by atoms with van der Waals surface area (Å²) in [4.78, 5) is 12.0. The van der Waals surface area contributed by atoms with Crippen molar-refractivity contribution >= 4 is 11.6 Å². The van der Waals surface area contributed by atoms with Crippen molar-refractivity contribution in [3.05, 3.63) is 29.8 Å². The smallest absolute Gasteiger partial charge is 0.224 e. The molecular weight excluding hydrogens is 262 g/mol. The molecule has 0 heterocycles. The van der Waals surface area contributed by atoms with Crippen LogP contribution < -0.4 is 5.32 Å². The molecule has 1 aliphatic carbocycles. The molecule has 3 heteroatoms. The summed E-state index contributed by atoms with van der Waals surface area (Å²) in [6.07, 6.45) is 8.13. The Morgan fingerprint density at radius 1 is 1.29 bits per heavy atom. The van der Waals surface area contributed by atoms with Crippen molar-refractivity contribution in [1.82, 2.24) is 0 Å². The average Bonchev–Trinajstić information content (AvgIpc) is 2.52. The lowest BCUT2D eigenvalue weighted by Crippen LogP contribution is -2.14. The number of amides is 1. The standard InChI is InChI=1S/C18H23NO2/c20-13-5-9-16-8-4-10-17(14-16)19-18(21)12-11-15-6-2-1-3-7-15/h4,8,10,14-15,20H,1-3,6-7,11-13H2,(H,19,21). The largest absolute Gasteiger partial charge is 0.384 e. The number of carbonyl (C=O) groups excluding carboxylic acids is 1. The molecule has 0 saturated heterocycles. The third-order valence-electron chi connectivity index (χ3n) is 3.96. The summed E-state index contributed by atoms with van der Waals surface area (Å²) in [6.45, 7) is -0.155. The van der Waals surface area contributed by atoms with Crippen molar-refractivity contribution < 1.29 is 9.90 Å². The fourth-order valence-electron chi connectivity index (χ4n) is 2.85. The van der Waals surface area contributed by atoms with Crippen molar-refractivity contribution in [2.75, 3.05) is 11.9 Å². The number of benzene rings is 1. The summed E-state index contributed by atoms with van der Waals surface area (Å²) in [5, 5.41) is 11.6. The first-order valence-electron chi connectivity index (χ1n) is 7.77. The van der Waals surface area contributed by atoms with Gasteiger partial charge in [-0.3, -0.25) is 4.79 Å². The fourth-order valence-corrected chi connectivity index (χ4v) is 2.85. The van der Waals surface area contributed by atoms with E-state index in [1.807, 2.05) is 24.3 Å². The molecule has 1 aromatic carbocycles. The SMILES string of the molecule is O=C(CCC1CCCCC1)Nc1cccc(C#CCO)c1.